The van der Waals surface area contributed by atoms with Crippen LogP contribution in [0.4, 0.5) is 8.78 Å². The lowest BCUT2D eigenvalue weighted by Gasteiger charge is -2.29. The highest BCUT2D eigenvalue weighted by Crippen LogP contribution is 2.37. The fraction of sp³-hybridized carbons (Fsp3) is 0.188. The number of aryl methyl sites for hydroxylation is 1. The van der Waals surface area contributed by atoms with Crippen molar-refractivity contribution in [2.24, 2.45) is 5.92 Å². The highest BCUT2D eigenvalue weighted by atomic mass is 19.1. The Morgan fingerprint density at radius 2 is 1.47 bits per heavy atom. The van der Waals surface area contributed by atoms with Crippen LogP contribution in [-0.4, -0.2) is 0 Å². The minimum atomic E-state index is -0.331. The van der Waals surface area contributed by atoms with E-state index in [0.29, 0.717) is 16.7 Å². The predicted molar refractivity (Wildman–Crippen MR) is 134 cm³/mol. The Morgan fingerprint density at radius 1 is 0.735 bits per heavy atom. The second-order valence-corrected chi connectivity index (χ2v) is 9.59. The molecule has 2 atom stereocenters. The zero-order chi connectivity index (χ0) is 23.4. The van der Waals surface area contributed by atoms with Crippen LogP contribution in [0, 0.1) is 34.9 Å². The molecule has 34 heavy (non-hydrogen) atoms. The van der Waals surface area contributed by atoms with Gasteiger partial charge in [0.1, 0.15) is 11.6 Å². The zero-order valence-electron chi connectivity index (χ0n) is 19.4. The van der Waals surface area contributed by atoms with Crippen molar-refractivity contribution in [3.8, 4) is 0 Å². The van der Waals surface area contributed by atoms with Gasteiger partial charge in [0.05, 0.1) is 0 Å². The molecule has 0 amide bonds. The van der Waals surface area contributed by atoms with Crippen LogP contribution in [-0.2, 0) is 6.42 Å². The number of fused-ring (bicyclic) bond motifs is 4. The molecular weight excluding hydrogens is 422 g/mol. The summed E-state index contributed by atoms with van der Waals surface area (Å²) in [4.78, 5) is 0. The van der Waals surface area contributed by atoms with Crippen LogP contribution in [0.1, 0.15) is 47.1 Å². The van der Waals surface area contributed by atoms with Crippen LogP contribution >= 0.6 is 0 Å². The van der Waals surface area contributed by atoms with Crippen molar-refractivity contribution in [3.63, 3.8) is 0 Å². The molecule has 0 heterocycles. The van der Waals surface area contributed by atoms with Crippen molar-refractivity contribution >= 4 is 11.6 Å². The van der Waals surface area contributed by atoms with Gasteiger partial charge in [-0.05, 0) is 86.9 Å². The molecule has 4 aromatic carbocycles. The smallest absolute Gasteiger partial charge is 0.130 e. The van der Waals surface area contributed by atoms with Gasteiger partial charge in [0.25, 0.3) is 0 Å². The van der Waals surface area contributed by atoms with E-state index in [1.807, 2.05) is 24.3 Å². The van der Waals surface area contributed by atoms with Crippen LogP contribution in [0.25, 0.3) is 11.6 Å². The number of halogens is 2. The van der Waals surface area contributed by atoms with Gasteiger partial charge < -0.3 is 0 Å². The standard InChI is InChI=1S/C32H26F2/c1-19-8-3-4-9-21(19)31-20(2)14-15-26-25(31)17-16-24-22-11-7-13-30(34)27(22)18-28(32(24)26)23-10-5-6-12-29(23)33/h3-13,16-18,20,28H,14-15H2,1-2H3. The van der Waals surface area contributed by atoms with Crippen LogP contribution in [0.3, 0.4) is 0 Å². The summed E-state index contributed by atoms with van der Waals surface area (Å²) in [5.74, 6) is -0.416. The van der Waals surface area contributed by atoms with E-state index in [2.05, 4.69) is 50.2 Å². The number of hydrogen-bond acceptors (Lipinski definition) is 0. The Kier molecular flexibility index (Phi) is 4.99. The molecule has 4 aromatic rings. The summed E-state index contributed by atoms with van der Waals surface area (Å²) in [6, 6.07) is 25.0. The quantitative estimate of drug-likeness (QED) is 0.339. The van der Waals surface area contributed by atoms with E-state index in [1.165, 1.54) is 39.6 Å². The Morgan fingerprint density at radius 3 is 2.29 bits per heavy atom. The molecule has 2 unspecified atom stereocenters. The molecule has 0 aromatic heterocycles. The van der Waals surface area contributed by atoms with Crippen molar-refractivity contribution in [2.45, 2.75) is 32.6 Å². The summed E-state index contributed by atoms with van der Waals surface area (Å²) in [5, 5.41) is 3.72. The average Bonchev–Trinajstić information content (AvgIpc) is 2.84. The maximum atomic E-state index is 15.1. The van der Waals surface area contributed by atoms with Crippen molar-refractivity contribution in [1.82, 2.24) is 0 Å². The molecule has 0 bridgehead atoms. The number of benzene rings is 4. The molecule has 2 aliphatic carbocycles. The lowest BCUT2D eigenvalue weighted by atomic mass is 9.75. The molecular formula is C32H26F2. The second-order valence-electron chi connectivity index (χ2n) is 9.59. The lowest BCUT2D eigenvalue weighted by molar-refractivity contribution is 0.603. The van der Waals surface area contributed by atoms with Crippen molar-refractivity contribution in [2.75, 3.05) is 0 Å². The van der Waals surface area contributed by atoms with Gasteiger partial charge in [0, 0.05) is 11.1 Å². The van der Waals surface area contributed by atoms with Crippen LogP contribution in [0.15, 0.2) is 78.9 Å². The van der Waals surface area contributed by atoms with Gasteiger partial charge in [-0.3, -0.25) is 0 Å². The Labute approximate surface area is 198 Å². The van der Waals surface area contributed by atoms with Gasteiger partial charge in [0.15, 0.2) is 0 Å². The molecule has 0 N–H and O–H groups in total. The highest BCUT2D eigenvalue weighted by Gasteiger charge is 2.28. The molecule has 0 fully saturated rings. The van der Waals surface area contributed by atoms with Crippen molar-refractivity contribution in [1.29, 1.82) is 0 Å². The predicted octanol–water partition coefficient (Wildman–Crippen LogP) is 6.27. The van der Waals surface area contributed by atoms with Gasteiger partial charge in [-0.15, -0.1) is 0 Å². The normalized spacial score (nSPS) is 18.5. The van der Waals surface area contributed by atoms with Gasteiger partial charge in [-0.2, -0.15) is 0 Å². The third kappa shape index (κ3) is 3.16. The van der Waals surface area contributed by atoms with Crippen molar-refractivity contribution < 1.29 is 8.78 Å². The summed E-state index contributed by atoms with van der Waals surface area (Å²) in [5.41, 5.74) is 6.90. The fourth-order valence-electron chi connectivity index (χ4n) is 6.00. The molecule has 2 heteroatoms. The molecule has 0 saturated heterocycles. The summed E-state index contributed by atoms with van der Waals surface area (Å²) in [6.45, 7) is 4.46. The summed E-state index contributed by atoms with van der Waals surface area (Å²) in [7, 11) is 0. The van der Waals surface area contributed by atoms with Crippen LogP contribution in [0.2, 0.25) is 0 Å². The third-order valence-electron chi connectivity index (χ3n) is 7.63. The second kappa shape index (κ2) is 8.06. The Balaban J connectivity index is 1.80. The number of rotatable bonds is 2. The SMILES string of the molecule is Cc1ccccc1C1=c2ccc3c(c2CCC1C)C(c1ccccc1F)C=c1c(F)cccc1=3. The zero-order valence-corrected chi connectivity index (χ0v) is 19.4. The van der Waals surface area contributed by atoms with Gasteiger partial charge >= 0.3 is 0 Å². The molecule has 6 rings (SSSR count). The van der Waals surface area contributed by atoms with E-state index in [1.54, 1.807) is 12.1 Å². The lowest BCUT2D eigenvalue weighted by Crippen LogP contribution is -2.29. The average molecular weight is 449 g/mol. The van der Waals surface area contributed by atoms with E-state index < -0.39 is 0 Å². The molecule has 168 valence electrons. The maximum absolute atomic E-state index is 15.1. The van der Waals surface area contributed by atoms with E-state index in [-0.39, 0.29) is 17.6 Å². The first kappa shape index (κ1) is 21.0. The molecule has 0 spiro atoms. The van der Waals surface area contributed by atoms with Crippen molar-refractivity contribution in [3.05, 3.63) is 139 Å². The maximum Gasteiger partial charge on any atom is 0.130 e. The number of hydrogen-bond donors (Lipinski definition) is 0. The molecule has 0 nitrogen and oxygen atoms in total. The van der Waals surface area contributed by atoms with E-state index in [9.17, 15) is 4.39 Å². The highest BCUT2D eigenvalue weighted by molar-refractivity contribution is 5.72. The van der Waals surface area contributed by atoms with Crippen LogP contribution in [0.5, 0.6) is 0 Å². The monoisotopic (exact) mass is 448 g/mol. The van der Waals surface area contributed by atoms with Gasteiger partial charge in [-0.25, -0.2) is 8.78 Å². The largest absolute Gasteiger partial charge is 0.207 e. The Bertz CT molecular complexity index is 1660. The van der Waals surface area contributed by atoms with Gasteiger partial charge in [0.2, 0.25) is 0 Å². The van der Waals surface area contributed by atoms with E-state index in [0.717, 1.165) is 28.8 Å². The van der Waals surface area contributed by atoms with Gasteiger partial charge in [-0.1, -0.05) is 79.7 Å². The summed E-state index contributed by atoms with van der Waals surface area (Å²) in [6.07, 6.45) is 3.89. The Hall–Kier alpha value is -3.52. The first-order chi connectivity index (χ1) is 16.5. The summed E-state index contributed by atoms with van der Waals surface area (Å²) < 4.78 is 30.1. The molecule has 0 radical (unpaired) electrons. The molecule has 0 saturated carbocycles. The molecule has 0 aliphatic heterocycles. The molecule has 2 aliphatic rings. The topological polar surface area (TPSA) is 0 Å². The van der Waals surface area contributed by atoms with E-state index >= 15 is 4.39 Å². The fourth-order valence-corrected chi connectivity index (χ4v) is 6.00. The van der Waals surface area contributed by atoms with E-state index in [4.69, 9.17) is 0 Å². The first-order valence-corrected chi connectivity index (χ1v) is 12.0. The van der Waals surface area contributed by atoms with Crippen LogP contribution < -0.4 is 10.4 Å². The third-order valence-corrected chi connectivity index (χ3v) is 7.63. The minimum Gasteiger partial charge on any atom is -0.207 e. The summed E-state index contributed by atoms with van der Waals surface area (Å²) >= 11 is 0. The minimum absolute atomic E-state index is 0.251. The first-order valence-electron chi connectivity index (χ1n) is 12.0.